The molecule has 0 bridgehead atoms. The van der Waals surface area contributed by atoms with Gasteiger partial charge < -0.3 is 52.3 Å². The molecule has 20 nitrogen and oxygen atoms in total. The molecular weight excluding hydrogens is 1090 g/mol. The van der Waals surface area contributed by atoms with E-state index in [2.05, 4.69) is 76.6 Å². The van der Waals surface area contributed by atoms with Crippen LogP contribution in [0.3, 0.4) is 0 Å². The summed E-state index contributed by atoms with van der Waals surface area (Å²) in [5.41, 5.74) is 4.80. The van der Waals surface area contributed by atoms with Gasteiger partial charge in [0, 0.05) is 64.2 Å². The topological polar surface area (TPSA) is 246 Å². The molecule has 2 aromatic rings. The third-order valence-electron chi connectivity index (χ3n) is 19.3. The number of hydrogen-bond donors (Lipinski definition) is 8. The van der Waals surface area contributed by atoms with Crippen LogP contribution in [-0.4, -0.2) is 182 Å². The number of aryl methyl sites for hydroxylation is 2. The first-order valence-corrected chi connectivity index (χ1v) is 33.1. The van der Waals surface area contributed by atoms with E-state index in [0.29, 0.717) is 90.6 Å². The van der Waals surface area contributed by atoms with Crippen molar-refractivity contribution in [1.29, 1.82) is 0 Å². The number of carbonyl (C=O) groups is 8. The monoisotopic (exact) mass is 1190 g/mol. The summed E-state index contributed by atoms with van der Waals surface area (Å²) in [7, 11) is 3.41. The van der Waals surface area contributed by atoms with Crippen molar-refractivity contribution in [1.82, 2.24) is 62.1 Å². The Morgan fingerprint density at radius 1 is 0.488 bits per heavy atom. The lowest BCUT2D eigenvalue weighted by Crippen LogP contribution is -2.65. The predicted molar refractivity (Wildman–Crippen MR) is 332 cm³/mol. The maximum Gasteiger partial charge on any atom is 0.245 e. The Morgan fingerprint density at radius 3 is 1.31 bits per heavy atom. The Hall–Kier alpha value is -5.96. The molecule has 0 aromatic heterocycles. The minimum Gasteiger partial charge on any atom is -0.356 e. The van der Waals surface area contributed by atoms with Gasteiger partial charge in [-0.3, -0.25) is 48.2 Å². The number of nitrogens with zero attached hydrogens (tertiary/aromatic N) is 4. The lowest BCUT2D eigenvalue weighted by atomic mass is 9.87. The zero-order chi connectivity index (χ0) is 61.0. The van der Waals surface area contributed by atoms with E-state index in [9.17, 15) is 38.4 Å². The van der Waals surface area contributed by atoms with Crippen LogP contribution >= 0.6 is 0 Å². The summed E-state index contributed by atoms with van der Waals surface area (Å²) in [6.07, 6.45) is 19.0. The molecule has 10 atom stereocenters. The molecule has 4 fully saturated rings. The second kappa shape index (κ2) is 33.4. The fraction of sp³-hybridized carbons (Fsp3) is 0.697. The molecule has 0 spiro atoms. The summed E-state index contributed by atoms with van der Waals surface area (Å²) in [5, 5.41) is 24.7. The maximum atomic E-state index is 14.6. The molecule has 2 aromatic carbocycles. The Bertz CT molecular complexity index is 2430. The van der Waals surface area contributed by atoms with Crippen LogP contribution in [0.2, 0.25) is 0 Å². The van der Waals surface area contributed by atoms with Gasteiger partial charge in [0.25, 0.3) is 0 Å². The summed E-state index contributed by atoms with van der Waals surface area (Å²) in [4.78, 5) is 118. The van der Waals surface area contributed by atoms with Crippen molar-refractivity contribution in [2.24, 2.45) is 0 Å². The molecule has 0 unspecified atom stereocenters. The summed E-state index contributed by atoms with van der Waals surface area (Å²) in [6, 6.07) is 12.7. The first-order chi connectivity index (χ1) is 41.7. The van der Waals surface area contributed by atoms with Gasteiger partial charge in [0.2, 0.25) is 47.3 Å². The Morgan fingerprint density at radius 2 is 0.895 bits per heavy atom. The van der Waals surface area contributed by atoms with Gasteiger partial charge in [-0.2, -0.15) is 0 Å². The van der Waals surface area contributed by atoms with Gasteiger partial charge in [-0.15, -0.1) is 0 Å². The van der Waals surface area contributed by atoms with Crippen LogP contribution in [0.25, 0.3) is 0 Å². The second-order valence-corrected chi connectivity index (χ2v) is 25.4. The molecule has 474 valence electrons. The van der Waals surface area contributed by atoms with Crippen LogP contribution in [0.4, 0.5) is 0 Å². The van der Waals surface area contributed by atoms with E-state index in [-0.39, 0.29) is 71.4 Å². The summed E-state index contributed by atoms with van der Waals surface area (Å²) >= 11 is 0. The van der Waals surface area contributed by atoms with E-state index < -0.39 is 36.3 Å². The van der Waals surface area contributed by atoms with Crippen molar-refractivity contribution in [2.45, 2.75) is 228 Å². The summed E-state index contributed by atoms with van der Waals surface area (Å²) < 4.78 is 0. The van der Waals surface area contributed by atoms with Crippen molar-refractivity contribution in [2.75, 3.05) is 66.5 Å². The standard InChI is InChI=1S/C66H102N12O8/c1-45(67-3)61(81)73-55(65(85)77-41-49-27-21-39-75(49)43-57(77)63(83)71-53-33-19-25-47-23-11-13-29-51(47)53)31-15-17-37-69-59(79)35-9-7-5-6-8-10-36-60(80)70-38-18-16-32-56(74-62(82)46(2)68-4)66(86)78-42-50-28-22-40-76(50)44-58(78)64(84)72-54-34-20-26-48-24-12-14-30-52(48)54/h11-14,23-24,29-30,45-46,49-50,53-58,67-68H,5-10,15-22,25-28,31-44H2,1-4H3,(H,69,79)(H,70,80)(H,71,83)(H,72,84)(H,73,81)(H,74,82)/t45-,46-,49+,50+,53+,54+,55-,56-,57-,58-/m0/s1. The molecule has 8 rings (SSSR count). The normalized spacial score (nSPS) is 23.3. The highest BCUT2D eigenvalue weighted by Gasteiger charge is 2.46. The smallest absolute Gasteiger partial charge is 0.245 e. The third-order valence-corrected chi connectivity index (χ3v) is 19.3. The van der Waals surface area contributed by atoms with Crippen molar-refractivity contribution < 1.29 is 38.4 Å². The molecule has 8 N–H and O–H groups in total. The zero-order valence-electron chi connectivity index (χ0n) is 52.1. The van der Waals surface area contributed by atoms with Gasteiger partial charge in [-0.25, -0.2) is 0 Å². The highest BCUT2D eigenvalue weighted by atomic mass is 16.2. The minimum absolute atomic E-state index is 0.0123. The van der Waals surface area contributed by atoms with Gasteiger partial charge in [0.15, 0.2) is 0 Å². The Kier molecular flexibility index (Phi) is 25.6. The molecule has 2 aliphatic carbocycles. The quantitative estimate of drug-likeness (QED) is 0.0483. The molecule has 8 amide bonds. The van der Waals surface area contributed by atoms with Crippen LogP contribution in [0, 0.1) is 0 Å². The number of hydrogen-bond acceptors (Lipinski definition) is 12. The number of nitrogens with one attached hydrogen (secondary N) is 8. The fourth-order valence-corrected chi connectivity index (χ4v) is 13.9. The zero-order valence-corrected chi connectivity index (χ0v) is 52.1. The summed E-state index contributed by atoms with van der Waals surface area (Å²) in [5.74, 6) is -1.34. The van der Waals surface area contributed by atoms with Crippen LogP contribution in [0.5, 0.6) is 0 Å². The Labute approximate surface area is 511 Å². The number of carbonyl (C=O) groups excluding carboxylic acids is 8. The number of fused-ring (bicyclic) bond motifs is 4. The molecule has 4 aliphatic heterocycles. The molecule has 86 heavy (non-hydrogen) atoms. The second-order valence-electron chi connectivity index (χ2n) is 25.4. The molecule has 4 saturated heterocycles. The number of rotatable bonds is 31. The van der Waals surface area contributed by atoms with E-state index >= 15 is 0 Å². The van der Waals surface area contributed by atoms with Crippen LogP contribution < -0.4 is 42.5 Å². The third kappa shape index (κ3) is 18.3. The van der Waals surface area contributed by atoms with Gasteiger partial charge in [0.1, 0.15) is 24.2 Å². The van der Waals surface area contributed by atoms with Crippen molar-refractivity contribution >= 4 is 47.3 Å². The maximum absolute atomic E-state index is 14.6. The number of piperazine rings is 2. The highest BCUT2D eigenvalue weighted by Crippen LogP contribution is 2.33. The number of amides is 8. The van der Waals surface area contributed by atoms with E-state index in [1.807, 2.05) is 24.3 Å². The van der Waals surface area contributed by atoms with E-state index in [0.717, 1.165) is 127 Å². The minimum atomic E-state index is -0.808. The molecule has 20 heteroatoms. The lowest BCUT2D eigenvalue weighted by Gasteiger charge is -2.44. The fourth-order valence-electron chi connectivity index (χ4n) is 13.9. The summed E-state index contributed by atoms with van der Waals surface area (Å²) in [6.45, 7) is 8.06. The molecule has 6 aliphatic rings. The van der Waals surface area contributed by atoms with Crippen LogP contribution in [0.15, 0.2) is 48.5 Å². The van der Waals surface area contributed by atoms with Crippen molar-refractivity contribution in [3.05, 3.63) is 70.8 Å². The predicted octanol–water partition coefficient (Wildman–Crippen LogP) is 4.60. The molecule has 0 saturated carbocycles. The van der Waals surface area contributed by atoms with Gasteiger partial charge in [0.05, 0.1) is 24.2 Å². The van der Waals surface area contributed by atoms with Gasteiger partial charge in [-0.1, -0.05) is 74.2 Å². The van der Waals surface area contributed by atoms with Gasteiger partial charge in [-0.05, 0) is 179 Å². The highest BCUT2D eigenvalue weighted by molar-refractivity contribution is 5.95. The number of likely N-dealkylation sites (N-methyl/N-ethyl adjacent to an activating group) is 2. The van der Waals surface area contributed by atoms with Gasteiger partial charge >= 0.3 is 0 Å². The largest absolute Gasteiger partial charge is 0.356 e. The van der Waals surface area contributed by atoms with Crippen LogP contribution in [0.1, 0.15) is 189 Å². The Balaban J connectivity index is 0.702. The molecule has 0 radical (unpaired) electrons. The van der Waals surface area contributed by atoms with E-state index in [1.54, 1.807) is 37.7 Å². The van der Waals surface area contributed by atoms with Crippen molar-refractivity contribution in [3.8, 4) is 0 Å². The molecule has 4 heterocycles. The first-order valence-electron chi connectivity index (χ1n) is 33.1. The van der Waals surface area contributed by atoms with Crippen LogP contribution in [-0.2, 0) is 51.2 Å². The van der Waals surface area contributed by atoms with Crippen molar-refractivity contribution in [3.63, 3.8) is 0 Å². The van der Waals surface area contributed by atoms with E-state index in [4.69, 9.17) is 0 Å². The number of unbranched alkanes of at least 4 members (excludes halogenated alkanes) is 7. The molecular formula is C66H102N12O8. The average molecular weight is 1190 g/mol. The SMILES string of the molecule is CN[C@@H](C)C(=O)N[C@@H](CCCCNC(=O)CCCCCCCCC(=O)NCCCC[C@H](NC(=O)[C@H](C)NC)C(=O)N1C[C@H]2CCCN2C[C@H]1C(=O)N[C@@H]1CCCc2ccccc21)C(=O)N1C[C@H]2CCCN2C[C@H]1C(=O)N[C@@H]1CCCc2ccccc21. The first kappa shape index (κ1) is 66.0. The average Bonchev–Trinajstić information content (AvgIpc) is 1.84. The van der Waals surface area contributed by atoms with E-state index in [1.165, 1.54) is 11.1 Å². The number of benzene rings is 2. The lowest BCUT2D eigenvalue weighted by molar-refractivity contribution is -0.148.